The largest absolute Gasteiger partial charge is 0.353 e. The monoisotopic (exact) mass is 397 g/mol. The van der Waals surface area contributed by atoms with Crippen molar-refractivity contribution >= 4 is 5.91 Å². The predicted molar refractivity (Wildman–Crippen MR) is 115 cm³/mol. The predicted octanol–water partition coefficient (Wildman–Crippen LogP) is 3.41. The summed E-state index contributed by atoms with van der Waals surface area (Å²) in [5.41, 5.74) is 3.37. The van der Waals surface area contributed by atoms with Gasteiger partial charge in [0.2, 0.25) is 5.91 Å². The second-order valence-electron chi connectivity index (χ2n) is 7.11. The molecule has 0 bridgehead atoms. The number of hydrogen-bond donors (Lipinski definition) is 1. The van der Waals surface area contributed by atoms with Gasteiger partial charge in [-0.2, -0.15) is 0 Å². The van der Waals surface area contributed by atoms with Crippen molar-refractivity contribution in [3.63, 3.8) is 0 Å². The van der Waals surface area contributed by atoms with Crippen LogP contribution in [-0.4, -0.2) is 32.7 Å². The van der Waals surface area contributed by atoms with Crippen LogP contribution in [0.4, 0.5) is 0 Å². The standard InChI is InChI=1S/C24H23N5O/c30-24(23(29-18-26-27-28-29)16-19-10-4-1-5-11-19)25-17-22(20-12-6-2-7-13-20)21-14-8-3-9-15-21/h1-15,18,22-23H,16-17H2,(H,25,30). The molecule has 0 aliphatic carbocycles. The number of carbonyl (C=O) groups is 1. The molecular weight excluding hydrogens is 374 g/mol. The first-order valence-corrected chi connectivity index (χ1v) is 9.95. The lowest BCUT2D eigenvalue weighted by Crippen LogP contribution is -2.36. The van der Waals surface area contributed by atoms with Crippen LogP contribution in [0.5, 0.6) is 0 Å². The number of nitrogens with one attached hydrogen (secondary N) is 1. The third-order valence-electron chi connectivity index (χ3n) is 5.14. The smallest absolute Gasteiger partial charge is 0.245 e. The number of carbonyl (C=O) groups excluding carboxylic acids is 1. The van der Waals surface area contributed by atoms with E-state index in [0.717, 1.165) is 16.7 Å². The minimum absolute atomic E-state index is 0.0580. The molecule has 150 valence electrons. The Balaban J connectivity index is 1.53. The topological polar surface area (TPSA) is 72.7 Å². The van der Waals surface area contributed by atoms with Crippen LogP contribution >= 0.6 is 0 Å². The van der Waals surface area contributed by atoms with Crippen molar-refractivity contribution in [1.82, 2.24) is 25.5 Å². The van der Waals surface area contributed by atoms with Crippen LogP contribution in [-0.2, 0) is 11.2 Å². The zero-order valence-corrected chi connectivity index (χ0v) is 16.5. The van der Waals surface area contributed by atoms with Gasteiger partial charge in [0, 0.05) is 18.9 Å². The van der Waals surface area contributed by atoms with Crippen LogP contribution in [0.25, 0.3) is 0 Å². The van der Waals surface area contributed by atoms with Crippen molar-refractivity contribution in [2.75, 3.05) is 6.54 Å². The van der Waals surface area contributed by atoms with Crippen molar-refractivity contribution in [2.45, 2.75) is 18.4 Å². The Bertz CT molecular complexity index is 997. The molecule has 1 amide bonds. The summed E-state index contributed by atoms with van der Waals surface area (Å²) in [6.07, 6.45) is 2.00. The molecule has 1 N–H and O–H groups in total. The van der Waals surface area contributed by atoms with Crippen LogP contribution in [0.2, 0.25) is 0 Å². The molecule has 1 atom stereocenters. The average molecular weight is 397 g/mol. The molecule has 6 heteroatoms. The lowest BCUT2D eigenvalue weighted by Gasteiger charge is -2.21. The average Bonchev–Trinajstić information content (AvgIpc) is 3.34. The number of tetrazole rings is 1. The lowest BCUT2D eigenvalue weighted by atomic mass is 9.91. The minimum atomic E-state index is -0.519. The van der Waals surface area contributed by atoms with Gasteiger partial charge in [0.1, 0.15) is 12.4 Å². The van der Waals surface area contributed by atoms with E-state index >= 15 is 0 Å². The van der Waals surface area contributed by atoms with E-state index < -0.39 is 6.04 Å². The van der Waals surface area contributed by atoms with Gasteiger partial charge in [0.25, 0.3) is 0 Å². The molecule has 0 saturated heterocycles. The van der Waals surface area contributed by atoms with Crippen LogP contribution in [0, 0.1) is 0 Å². The first-order valence-electron chi connectivity index (χ1n) is 9.95. The van der Waals surface area contributed by atoms with Crippen molar-refractivity contribution in [3.05, 3.63) is 114 Å². The number of amides is 1. The molecule has 30 heavy (non-hydrogen) atoms. The molecule has 0 aliphatic rings. The molecular formula is C24H23N5O. The zero-order valence-electron chi connectivity index (χ0n) is 16.5. The molecule has 4 aromatic rings. The van der Waals surface area contributed by atoms with Crippen molar-refractivity contribution in [3.8, 4) is 0 Å². The first-order chi connectivity index (χ1) is 14.8. The summed E-state index contributed by atoms with van der Waals surface area (Å²) in [7, 11) is 0. The molecule has 0 spiro atoms. The quantitative estimate of drug-likeness (QED) is 0.495. The Hall–Kier alpha value is -3.80. The zero-order chi connectivity index (χ0) is 20.6. The highest BCUT2D eigenvalue weighted by molar-refractivity contribution is 5.80. The Morgan fingerprint density at radius 2 is 1.40 bits per heavy atom. The summed E-state index contributed by atoms with van der Waals surface area (Å²) >= 11 is 0. The molecule has 1 heterocycles. The van der Waals surface area contributed by atoms with Gasteiger partial charge in [-0.15, -0.1) is 5.10 Å². The highest BCUT2D eigenvalue weighted by Gasteiger charge is 2.24. The highest BCUT2D eigenvalue weighted by Crippen LogP contribution is 2.24. The number of rotatable bonds is 8. The van der Waals surface area contributed by atoms with Gasteiger partial charge >= 0.3 is 0 Å². The van der Waals surface area contributed by atoms with E-state index in [9.17, 15) is 4.79 Å². The fraction of sp³-hybridized carbons (Fsp3) is 0.167. The second-order valence-corrected chi connectivity index (χ2v) is 7.11. The van der Waals surface area contributed by atoms with Gasteiger partial charge in [0.15, 0.2) is 0 Å². The maximum Gasteiger partial charge on any atom is 0.245 e. The number of hydrogen-bond acceptors (Lipinski definition) is 4. The minimum Gasteiger partial charge on any atom is -0.353 e. The van der Waals surface area contributed by atoms with Crippen molar-refractivity contribution in [1.29, 1.82) is 0 Å². The van der Waals surface area contributed by atoms with Crippen LogP contribution < -0.4 is 5.32 Å². The SMILES string of the molecule is O=C(NCC(c1ccccc1)c1ccccc1)C(Cc1ccccc1)n1cnnn1. The Kier molecular flexibility index (Phi) is 6.25. The summed E-state index contributed by atoms with van der Waals surface area (Å²) < 4.78 is 1.52. The Morgan fingerprint density at radius 3 is 1.93 bits per heavy atom. The third-order valence-corrected chi connectivity index (χ3v) is 5.14. The van der Waals surface area contributed by atoms with Gasteiger partial charge in [-0.3, -0.25) is 4.79 Å². The number of nitrogens with zero attached hydrogens (tertiary/aromatic N) is 4. The van der Waals surface area contributed by atoms with Gasteiger partial charge in [0.05, 0.1) is 0 Å². The van der Waals surface area contributed by atoms with E-state index in [2.05, 4.69) is 45.1 Å². The molecule has 6 nitrogen and oxygen atoms in total. The summed E-state index contributed by atoms with van der Waals surface area (Å²) in [5, 5.41) is 14.5. The highest BCUT2D eigenvalue weighted by atomic mass is 16.2. The summed E-state index contributed by atoms with van der Waals surface area (Å²) in [5.74, 6) is -0.0504. The van der Waals surface area contributed by atoms with Crippen molar-refractivity contribution < 1.29 is 4.79 Å². The molecule has 0 saturated carbocycles. The maximum atomic E-state index is 13.2. The summed E-state index contributed by atoms with van der Waals surface area (Å²) in [4.78, 5) is 13.2. The van der Waals surface area contributed by atoms with Gasteiger partial charge < -0.3 is 5.32 Å². The fourth-order valence-corrected chi connectivity index (χ4v) is 3.57. The van der Waals surface area contributed by atoms with Crippen molar-refractivity contribution in [2.24, 2.45) is 0 Å². The first kappa shape index (κ1) is 19.5. The second kappa shape index (κ2) is 9.60. The third kappa shape index (κ3) is 4.78. The van der Waals surface area contributed by atoms with Gasteiger partial charge in [-0.1, -0.05) is 91.0 Å². The van der Waals surface area contributed by atoms with E-state index in [1.54, 1.807) is 0 Å². The van der Waals surface area contributed by atoms with E-state index in [-0.39, 0.29) is 11.8 Å². The summed E-state index contributed by atoms with van der Waals surface area (Å²) in [6, 6.07) is 29.8. The van der Waals surface area contributed by atoms with E-state index in [1.165, 1.54) is 11.0 Å². The molecule has 0 aliphatic heterocycles. The fourth-order valence-electron chi connectivity index (χ4n) is 3.57. The molecule has 0 fully saturated rings. The lowest BCUT2D eigenvalue weighted by molar-refractivity contribution is -0.124. The number of benzene rings is 3. The van der Waals surface area contributed by atoms with Crippen LogP contribution in [0.3, 0.4) is 0 Å². The Labute approximate surface area is 175 Å². The van der Waals surface area contributed by atoms with Gasteiger partial charge in [-0.05, 0) is 27.1 Å². The number of aromatic nitrogens is 4. The van der Waals surface area contributed by atoms with E-state index in [4.69, 9.17) is 0 Å². The maximum absolute atomic E-state index is 13.2. The summed E-state index contributed by atoms with van der Waals surface area (Å²) in [6.45, 7) is 0.486. The van der Waals surface area contributed by atoms with E-state index in [1.807, 2.05) is 66.7 Å². The molecule has 1 unspecified atom stereocenters. The molecule has 3 aromatic carbocycles. The van der Waals surface area contributed by atoms with Gasteiger partial charge in [-0.25, -0.2) is 4.68 Å². The van der Waals surface area contributed by atoms with E-state index in [0.29, 0.717) is 13.0 Å². The molecule has 1 aromatic heterocycles. The molecule has 4 rings (SSSR count). The normalized spacial score (nSPS) is 11.9. The van der Waals surface area contributed by atoms with Crippen LogP contribution in [0.1, 0.15) is 28.7 Å². The Morgan fingerprint density at radius 1 is 0.833 bits per heavy atom. The van der Waals surface area contributed by atoms with Crippen LogP contribution in [0.15, 0.2) is 97.3 Å². The molecule has 0 radical (unpaired) electrons.